The first-order valence-electron chi connectivity index (χ1n) is 6.52. The average Bonchev–Trinajstić information content (AvgIpc) is 2.45. The molecule has 0 spiro atoms. The maximum Gasteiger partial charge on any atom is 0.122 e. The second-order valence-corrected chi connectivity index (χ2v) is 5.42. The van der Waals surface area contributed by atoms with E-state index < -0.39 is 0 Å². The smallest absolute Gasteiger partial charge is 0.122 e. The number of alkyl halides is 1. The molecular weight excluding hydrogens is 300 g/mol. The number of hydrogen-bond donors (Lipinski definition) is 0. The molecule has 1 nitrogen and oxygen atoms in total. The quantitative estimate of drug-likeness (QED) is 0.715. The highest BCUT2D eigenvalue weighted by atomic mass is 79.9. The molecule has 2 rings (SSSR count). The van der Waals surface area contributed by atoms with Gasteiger partial charge in [-0.05, 0) is 36.6 Å². The fourth-order valence-electron chi connectivity index (χ4n) is 2.03. The van der Waals surface area contributed by atoms with Crippen LogP contribution in [-0.4, -0.2) is 11.9 Å². The Morgan fingerprint density at radius 2 is 1.74 bits per heavy atom. The summed E-state index contributed by atoms with van der Waals surface area (Å²) in [6.45, 7) is 4.91. The molecule has 0 aliphatic carbocycles. The van der Waals surface area contributed by atoms with Gasteiger partial charge in [-0.25, -0.2) is 0 Å². The minimum Gasteiger partial charge on any atom is -0.493 e. The van der Waals surface area contributed by atoms with Crippen molar-refractivity contribution in [3.8, 4) is 5.75 Å². The predicted octanol–water partition coefficient (Wildman–Crippen LogP) is 4.86. The molecule has 0 radical (unpaired) electrons. The molecule has 0 saturated heterocycles. The number of aryl methyl sites for hydroxylation is 1. The fourth-order valence-corrected chi connectivity index (χ4v) is 2.59. The van der Waals surface area contributed by atoms with Crippen molar-refractivity contribution >= 4 is 15.9 Å². The van der Waals surface area contributed by atoms with E-state index in [1.54, 1.807) is 0 Å². The Balaban J connectivity index is 2.06. The van der Waals surface area contributed by atoms with Crippen molar-refractivity contribution in [2.45, 2.75) is 19.8 Å². The zero-order valence-electron chi connectivity index (χ0n) is 11.4. The monoisotopic (exact) mass is 318 g/mol. The summed E-state index contributed by atoms with van der Waals surface area (Å²) in [5.74, 6) is 1.36. The zero-order valence-corrected chi connectivity index (χ0v) is 13.0. The van der Waals surface area contributed by atoms with Crippen LogP contribution in [0.25, 0.3) is 0 Å². The number of rotatable bonds is 5. The molecular formula is C17H19BrO. The minimum absolute atomic E-state index is 0.376. The van der Waals surface area contributed by atoms with E-state index in [2.05, 4.69) is 60.1 Å². The van der Waals surface area contributed by atoms with E-state index >= 15 is 0 Å². The number of hydrogen-bond acceptors (Lipinski definition) is 1. The van der Waals surface area contributed by atoms with Crippen molar-refractivity contribution in [1.82, 2.24) is 0 Å². The number of ether oxygens (including phenoxy) is 1. The van der Waals surface area contributed by atoms with Gasteiger partial charge in [0.1, 0.15) is 5.75 Å². The lowest BCUT2D eigenvalue weighted by atomic mass is 10.0. The Kier molecular flexibility index (Phi) is 5.03. The van der Waals surface area contributed by atoms with Crippen LogP contribution in [0.3, 0.4) is 0 Å². The molecule has 0 amide bonds. The Morgan fingerprint density at radius 1 is 1.00 bits per heavy atom. The van der Waals surface area contributed by atoms with E-state index in [1.165, 1.54) is 16.7 Å². The molecule has 2 aromatic carbocycles. The Bertz CT molecular complexity index is 522. The molecule has 0 N–H and O–H groups in total. The first-order chi connectivity index (χ1) is 9.22. The van der Waals surface area contributed by atoms with Gasteiger partial charge < -0.3 is 4.74 Å². The molecule has 0 fully saturated rings. The molecule has 2 heteroatoms. The minimum atomic E-state index is 0.376. The van der Waals surface area contributed by atoms with Crippen LogP contribution in [0.15, 0.2) is 48.5 Å². The van der Waals surface area contributed by atoms with E-state index in [-0.39, 0.29) is 0 Å². The van der Waals surface area contributed by atoms with Gasteiger partial charge in [0.25, 0.3) is 0 Å². The summed E-state index contributed by atoms with van der Waals surface area (Å²) in [4.78, 5) is 0. The molecule has 0 aromatic heterocycles. The summed E-state index contributed by atoms with van der Waals surface area (Å²) < 4.78 is 6.00. The molecule has 0 aliphatic heterocycles. The van der Waals surface area contributed by atoms with Crippen molar-refractivity contribution in [3.05, 3.63) is 65.2 Å². The summed E-state index contributed by atoms with van der Waals surface area (Å²) in [5.41, 5.74) is 3.81. The van der Waals surface area contributed by atoms with E-state index in [4.69, 9.17) is 4.74 Å². The first-order valence-corrected chi connectivity index (χ1v) is 7.64. The van der Waals surface area contributed by atoms with Crippen LogP contribution in [0.4, 0.5) is 0 Å². The maximum absolute atomic E-state index is 6.00. The van der Waals surface area contributed by atoms with Crippen LogP contribution in [-0.2, 0) is 0 Å². The van der Waals surface area contributed by atoms with Gasteiger partial charge in [0.15, 0.2) is 0 Å². The Labute approximate surface area is 123 Å². The van der Waals surface area contributed by atoms with E-state index in [0.717, 1.165) is 11.1 Å². The third-order valence-electron chi connectivity index (χ3n) is 3.45. The fraction of sp³-hybridized carbons (Fsp3) is 0.294. The molecule has 1 unspecified atom stereocenters. The van der Waals surface area contributed by atoms with Crippen molar-refractivity contribution in [2.75, 3.05) is 11.9 Å². The molecule has 19 heavy (non-hydrogen) atoms. The van der Waals surface area contributed by atoms with Crippen molar-refractivity contribution in [2.24, 2.45) is 0 Å². The molecule has 0 bridgehead atoms. The lowest BCUT2D eigenvalue weighted by Crippen LogP contribution is -2.12. The van der Waals surface area contributed by atoms with Gasteiger partial charge in [-0.1, -0.05) is 58.4 Å². The number of halogens is 1. The van der Waals surface area contributed by atoms with Crippen LogP contribution < -0.4 is 4.74 Å². The molecule has 100 valence electrons. The molecule has 2 aromatic rings. The van der Waals surface area contributed by atoms with Gasteiger partial charge in [-0.15, -0.1) is 0 Å². The van der Waals surface area contributed by atoms with Crippen LogP contribution in [0.5, 0.6) is 5.75 Å². The second-order valence-electron chi connectivity index (χ2n) is 4.77. The molecule has 0 heterocycles. The summed E-state index contributed by atoms with van der Waals surface area (Å²) in [7, 11) is 0. The lowest BCUT2D eigenvalue weighted by Gasteiger charge is -2.17. The SMILES string of the molecule is Cc1cccc(OCC(CBr)c2ccccc2)c1C. The van der Waals surface area contributed by atoms with Crippen LogP contribution >= 0.6 is 15.9 Å². The molecule has 0 saturated carbocycles. The third kappa shape index (κ3) is 3.60. The van der Waals surface area contributed by atoms with Gasteiger partial charge >= 0.3 is 0 Å². The van der Waals surface area contributed by atoms with Crippen LogP contribution in [0, 0.1) is 13.8 Å². The van der Waals surface area contributed by atoms with Crippen molar-refractivity contribution in [3.63, 3.8) is 0 Å². The standard InChI is InChI=1S/C17H19BrO/c1-13-7-6-10-17(14(13)2)19-12-16(11-18)15-8-4-3-5-9-15/h3-10,16H,11-12H2,1-2H3. The Morgan fingerprint density at radius 3 is 2.42 bits per heavy atom. The lowest BCUT2D eigenvalue weighted by molar-refractivity contribution is 0.296. The van der Waals surface area contributed by atoms with E-state index in [1.807, 2.05) is 18.2 Å². The predicted molar refractivity (Wildman–Crippen MR) is 84.4 cm³/mol. The van der Waals surface area contributed by atoms with Crippen molar-refractivity contribution < 1.29 is 4.74 Å². The summed E-state index contributed by atoms with van der Waals surface area (Å²) in [6, 6.07) is 16.7. The third-order valence-corrected chi connectivity index (χ3v) is 4.23. The van der Waals surface area contributed by atoms with Crippen LogP contribution in [0.2, 0.25) is 0 Å². The van der Waals surface area contributed by atoms with Gasteiger partial charge in [0.05, 0.1) is 6.61 Å². The second kappa shape index (κ2) is 6.76. The first kappa shape index (κ1) is 14.1. The highest BCUT2D eigenvalue weighted by Gasteiger charge is 2.11. The highest BCUT2D eigenvalue weighted by molar-refractivity contribution is 9.09. The largest absolute Gasteiger partial charge is 0.493 e. The summed E-state index contributed by atoms with van der Waals surface area (Å²) in [5, 5.41) is 0.905. The van der Waals surface area contributed by atoms with E-state index in [9.17, 15) is 0 Å². The highest BCUT2D eigenvalue weighted by Crippen LogP contribution is 2.24. The average molecular weight is 319 g/mol. The number of benzene rings is 2. The van der Waals surface area contributed by atoms with Gasteiger partial charge in [0, 0.05) is 11.2 Å². The zero-order chi connectivity index (χ0) is 13.7. The summed E-state index contributed by atoms with van der Waals surface area (Å²) >= 11 is 3.58. The summed E-state index contributed by atoms with van der Waals surface area (Å²) in [6.07, 6.45) is 0. The maximum atomic E-state index is 6.00. The Hall–Kier alpha value is -1.28. The van der Waals surface area contributed by atoms with Gasteiger partial charge in [0.2, 0.25) is 0 Å². The molecule has 0 aliphatic rings. The normalized spacial score (nSPS) is 12.2. The van der Waals surface area contributed by atoms with Gasteiger partial charge in [-0.2, -0.15) is 0 Å². The topological polar surface area (TPSA) is 9.23 Å². The van der Waals surface area contributed by atoms with Crippen LogP contribution in [0.1, 0.15) is 22.6 Å². The molecule has 1 atom stereocenters. The van der Waals surface area contributed by atoms with E-state index in [0.29, 0.717) is 12.5 Å². The van der Waals surface area contributed by atoms with Gasteiger partial charge in [-0.3, -0.25) is 0 Å². The van der Waals surface area contributed by atoms with Crippen molar-refractivity contribution in [1.29, 1.82) is 0 Å².